The first-order valence-electron chi connectivity index (χ1n) is 7.60. The monoisotopic (exact) mass is 275 g/mol. The zero-order valence-corrected chi connectivity index (χ0v) is 12.9. The van der Waals surface area contributed by atoms with Crippen LogP contribution in [0.15, 0.2) is 11.1 Å². The second-order valence-electron chi connectivity index (χ2n) is 5.29. The average molecular weight is 275 g/mol. The Balaban J connectivity index is 2.48. The highest BCUT2D eigenvalue weighted by Crippen LogP contribution is 2.42. The molecule has 0 saturated carbocycles. The molecule has 1 aliphatic carbocycles. The van der Waals surface area contributed by atoms with Gasteiger partial charge in [0.15, 0.2) is 11.5 Å². The normalized spacial score (nSPS) is 14.8. The minimum atomic E-state index is 0.197. The average Bonchev–Trinajstić information content (AvgIpc) is 2.90. The van der Waals surface area contributed by atoms with Crippen LogP contribution in [0, 0.1) is 0 Å². The van der Waals surface area contributed by atoms with Crippen LogP contribution in [-0.2, 0) is 19.3 Å². The molecule has 1 unspecified atom stereocenters. The largest absolute Gasteiger partial charge is 0.490 e. The van der Waals surface area contributed by atoms with E-state index in [4.69, 9.17) is 9.47 Å². The summed E-state index contributed by atoms with van der Waals surface area (Å²) in [6.07, 6.45) is 4.30. The van der Waals surface area contributed by atoms with Crippen LogP contribution in [0.5, 0.6) is 11.5 Å². The van der Waals surface area contributed by atoms with E-state index in [1.54, 1.807) is 0 Å². The summed E-state index contributed by atoms with van der Waals surface area (Å²) in [7, 11) is 0. The number of aryl methyl sites for hydroxylation is 1. The molecule has 0 saturated heterocycles. The van der Waals surface area contributed by atoms with E-state index in [0.717, 1.165) is 30.8 Å². The molecule has 1 aromatic rings. The molecule has 2 rings (SSSR count). The molecule has 1 aromatic carbocycles. The fourth-order valence-electron chi connectivity index (χ4n) is 2.88. The summed E-state index contributed by atoms with van der Waals surface area (Å²) in [5, 5.41) is 0. The number of hydrogen-bond donors (Lipinski definition) is 0. The summed E-state index contributed by atoms with van der Waals surface area (Å²) in [6, 6.07) is 2.49. The van der Waals surface area contributed by atoms with Crippen molar-refractivity contribution in [1.82, 2.24) is 0 Å². The van der Waals surface area contributed by atoms with Crippen molar-refractivity contribution in [2.24, 2.45) is 4.99 Å². The van der Waals surface area contributed by atoms with Gasteiger partial charge in [-0.25, -0.2) is 0 Å². The standard InChI is InChI=1S/C17H25NO2/c1-5-19-16-14(10-12(3)18-4)11-13-8-7-9-15(13)17(16)20-6-2/h11-12H,4-10H2,1-3H3. The van der Waals surface area contributed by atoms with Crippen molar-refractivity contribution in [3.8, 4) is 11.5 Å². The van der Waals surface area contributed by atoms with Crippen molar-refractivity contribution in [3.05, 3.63) is 22.8 Å². The van der Waals surface area contributed by atoms with Crippen LogP contribution >= 0.6 is 0 Å². The van der Waals surface area contributed by atoms with Crippen molar-refractivity contribution in [3.63, 3.8) is 0 Å². The number of hydrogen-bond acceptors (Lipinski definition) is 3. The Hall–Kier alpha value is -1.51. The Morgan fingerprint density at radius 3 is 2.55 bits per heavy atom. The van der Waals surface area contributed by atoms with Gasteiger partial charge in [0.1, 0.15) is 0 Å². The van der Waals surface area contributed by atoms with Crippen LogP contribution in [-0.4, -0.2) is 26.0 Å². The van der Waals surface area contributed by atoms with E-state index in [1.807, 2.05) is 13.8 Å². The Morgan fingerprint density at radius 2 is 1.90 bits per heavy atom. The topological polar surface area (TPSA) is 30.8 Å². The summed E-state index contributed by atoms with van der Waals surface area (Å²) in [4.78, 5) is 4.11. The van der Waals surface area contributed by atoms with Gasteiger partial charge in [0, 0.05) is 11.1 Å². The van der Waals surface area contributed by atoms with E-state index < -0.39 is 0 Å². The third-order valence-electron chi connectivity index (χ3n) is 3.79. The summed E-state index contributed by atoms with van der Waals surface area (Å²) in [5.41, 5.74) is 3.97. The zero-order chi connectivity index (χ0) is 14.5. The Morgan fingerprint density at radius 1 is 1.20 bits per heavy atom. The molecule has 0 N–H and O–H groups in total. The van der Waals surface area contributed by atoms with Gasteiger partial charge < -0.3 is 9.47 Å². The molecule has 20 heavy (non-hydrogen) atoms. The molecule has 1 atom stereocenters. The highest BCUT2D eigenvalue weighted by molar-refractivity contribution is 5.57. The molecule has 110 valence electrons. The van der Waals surface area contributed by atoms with Crippen LogP contribution in [0.4, 0.5) is 0 Å². The molecule has 0 fully saturated rings. The van der Waals surface area contributed by atoms with Crippen LogP contribution in [0.3, 0.4) is 0 Å². The van der Waals surface area contributed by atoms with Gasteiger partial charge in [-0.3, -0.25) is 4.99 Å². The minimum absolute atomic E-state index is 0.197. The molecule has 0 amide bonds. The van der Waals surface area contributed by atoms with E-state index in [-0.39, 0.29) is 6.04 Å². The third-order valence-corrected chi connectivity index (χ3v) is 3.79. The third kappa shape index (κ3) is 2.97. The molecule has 0 bridgehead atoms. The van der Waals surface area contributed by atoms with E-state index >= 15 is 0 Å². The number of benzene rings is 1. The van der Waals surface area contributed by atoms with E-state index in [0.29, 0.717) is 13.2 Å². The van der Waals surface area contributed by atoms with Crippen LogP contribution in [0.25, 0.3) is 0 Å². The van der Waals surface area contributed by atoms with Gasteiger partial charge in [-0.05, 0) is 58.7 Å². The van der Waals surface area contributed by atoms with Crippen LogP contribution in [0.1, 0.15) is 43.9 Å². The van der Waals surface area contributed by atoms with Gasteiger partial charge in [0.25, 0.3) is 0 Å². The number of rotatable bonds is 7. The molecule has 3 heteroatoms. The van der Waals surface area contributed by atoms with Gasteiger partial charge in [-0.1, -0.05) is 6.07 Å². The molecule has 0 aromatic heterocycles. The molecular formula is C17H25NO2. The lowest BCUT2D eigenvalue weighted by Gasteiger charge is -2.20. The Kier molecular flexibility index (Phi) is 5.05. The lowest BCUT2D eigenvalue weighted by Crippen LogP contribution is -2.09. The first-order chi connectivity index (χ1) is 9.71. The van der Waals surface area contributed by atoms with Crippen LogP contribution in [0.2, 0.25) is 0 Å². The molecule has 0 radical (unpaired) electrons. The highest BCUT2D eigenvalue weighted by atomic mass is 16.5. The second kappa shape index (κ2) is 6.78. The van der Waals surface area contributed by atoms with Crippen molar-refractivity contribution in [1.29, 1.82) is 0 Å². The number of fused-ring (bicyclic) bond motifs is 1. The smallest absolute Gasteiger partial charge is 0.164 e. The molecule has 1 aliphatic rings. The van der Waals surface area contributed by atoms with Gasteiger partial charge >= 0.3 is 0 Å². The molecular weight excluding hydrogens is 250 g/mol. The maximum absolute atomic E-state index is 5.92. The fraction of sp³-hybridized carbons (Fsp3) is 0.588. The Labute approximate surface area is 122 Å². The van der Waals surface area contributed by atoms with Gasteiger partial charge in [0.2, 0.25) is 0 Å². The molecule has 0 heterocycles. The first kappa shape index (κ1) is 14.9. The number of ether oxygens (including phenoxy) is 2. The lowest BCUT2D eigenvalue weighted by atomic mass is 9.99. The second-order valence-corrected chi connectivity index (χ2v) is 5.29. The van der Waals surface area contributed by atoms with Crippen molar-refractivity contribution >= 4 is 6.72 Å². The minimum Gasteiger partial charge on any atom is -0.490 e. The van der Waals surface area contributed by atoms with Crippen LogP contribution < -0.4 is 9.47 Å². The predicted molar refractivity (Wildman–Crippen MR) is 83.5 cm³/mol. The van der Waals surface area contributed by atoms with Gasteiger partial charge in [-0.15, -0.1) is 0 Å². The van der Waals surface area contributed by atoms with Gasteiger partial charge in [0.05, 0.1) is 19.3 Å². The Bertz CT molecular complexity index is 482. The fourth-order valence-corrected chi connectivity index (χ4v) is 2.88. The summed E-state index contributed by atoms with van der Waals surface area (Å²) < 4.78 is 11.8. The maximum Gasteiger partial charge on any atom is 0.164 e. The molecule has 0 spiro atoms. The maximum atomic E-state index is 5.92. The summed E-state index contributed by atoms with van der Waals surface area (Å²) in [5.74, 6) is 1.89. The van der Waals surface area contributed by atoms with E-state index in [1.165, 1.54) is 23.1 Å². The SMILES string of the molecule is C=NC(C)Cc1cc2c(c(OCC)c1OCC)CCC2. The van der Waals surface area contributed by atoms with E-state index in [9.17, 15) is 0 Å². The summed E-state index contributed by atoms with van der Waals surface area (Å²) >= 11 is 0. The van der Waals surface area contributed by atoms with Crippen molar-refractivity contribution in [2.75, 3.05) is 13.2 Å². The van der Waals surface area contributed by atoms with Gasteiger partial charge in [-0.2, -0.15) is 0 Å². The predicted octanol–water partition coefficient (Wildman–Crippen LogP) is 3.60. The lowest BCUT2D eigenvalue weighted by molar-refractivity contribution is 0.283. The molecule has 0 aliphatic heterocycles. The first-order valence-corrected chi connectivity index (χ1v) is 7.60. The highest BCUT2D eigenvalue weighted by Gasteiger charge is 2.24. The number of aliphatic imine (C=N–C) groups is 1. The zero-order valence-electron chi connectivity index (χ0n) is 12.9. The van der Waals surface area contributed by atoms with Crippen molar-refractivity contribution in [2.45, 2.75) is 52.5 Å². The molecule has 3 nitrogen and oxygen atoms in total. The number of nitrogens with zero attached hydrogens (tertiary/aromatic N) is 1. The quantitative estimate of drug-likeness (QED) is 0.712. The van der Waals surface area contributed by atoms with E-state index in [2.05, 4.69) is 24.7 Å². The van der Waals surface area contributed by atoms with Crippen molar-refractivity contribution < 1.29 is 9.47 Å². The summed E-state index contributed by atoms with van der Waals surface area (Å²) in [6.45, 7) is 11.1.